The lowest BCUT2D eigenvalue weighted by Gasteiger charge is -2.17. The number of amides is 1. The number of hydrogen-bond acceptors (Lipinski definition) is 4. The van der Waals surface area contributed by atoms with Crippen LogP contribution in [0.5, 0.6) is 0 Å². The number of nitrogens with zero attached hydrogens (tertiary/aromatic N) is 3. The zero-order valence-corrected chi connectivity index (χ0v) is 12.3. The molecule has 7 nitrogen and oxygen atoms in total. The van der Waals surface area contributed by atoms with Crippen LogP contribution < -0.4 is 11.0 Å². The largest absolute Gasteiger partial charge is 0.347 e. The molecule has 0 saturated carbocycles. The standard InChI is InChI=1S/C16H15N5O2/c1-2-3-13(11-6-8-17-9-7-11)18-15(22)12-4-5-14-19-20-16(23)21(14)10-12/h2,4-10,13H,1,3H2,(H,18,22)(H,20,23). The van der Waals surface area contributed by atoms with E-state index in [-0.39, 0.29) is 17.6 Å². The molecule has 23 heavy (non-hydrogen) atoms. The molecule has 0 spiro atoms. The number of rotatable bonds is 5. The Labute approximate surface area is 131 Å². The summed E-state index contributed by atoms with van der Waals surface area (Å²) in [5, 5.41) is 9.11. The fourth-order valence-corrected chi connectivity index (χ4v) is 2.32. The van der Waals surface area contributed by atoms with E-state index < -0.39 is 0 Å². The van der Waals surface area contributed by atoms with E-state index in [1.54, 1.807) is 30.6 Å². The summed E-state index contributed by atoms with van der Waals surface area (Å²) in [5.41, 5.74) is 1.40. The zero-order chi connectivity index (χ0) is 16.2. The van der Waals surface area contributed by atoms with Crippen LogP contribution in [0.4, 0.5) is 0 Å². The van der Waals surface area contributed by atoms with E-state index in [1.807, 2.05) is 12.1 Å². The molecule has 3 aromatic heterocycles. The zero-order valence-electron chi connectivity index (χ0n) is 12.3. The smallest absolute Gasteiger partial charge is 0.345 e. The Kier molecular flexibility index (Phi) is 4.01. The summed E-state index contributed by atoms with van der Waals surface area (Å²) >= 11 is 0. The molecule has 0 aromatic carbocycles. The molecule has 7 heteroatoms. The maximum atomic E-state index is 12.5. The maximum absolute atomic E-state index is 12.5. The van der Waals surface area contributed by atoms with Gasteiger partial charge in [-0.1, -0.05) is 6.08 Å². The third kappa shape index (κ3) is 3.03. The van der Waals surface area contributed by atoms with Crippen molar-refractivity contribution in [2.75, 3.05) is 0 Å². The van der Waals surface area contributed by atoms with E-state index >= 15 is 0 Å². The molecule has 116 valence electrons. The highest BCUT2D eigenvalue weighted by molar-refractivity contribution is 5.94. The minimum atomic E-state index is -0.383. The minimum absolute atomic E-state index is 0.209. The van der Waals surface area contributed by atoms with Gasteiger partial charge in [-0.15, -0.1) is 6.58 Å². The number of H-pyrrole nitrogens is 1. The lowest BCUT2D eigenvalue weighted by molar-refractivity contribution is 0.0936. The Bertz CT molecular complexity index is 897. The number of fused-ring (bicyclic) bond motifs is 1. The number of aromatic amines is 1. The van der Waals surface area contributed by atoms with Crippen molar-refractivity contribution in [2.24, 2.45) is 0 Å². The highest BCUT2D eigenvalue weighted by atomic mass is 16.2. The molecule has 0 radical (unpaired) electrons. The van der Waals surface area contributed by atoms with Crippen LogP contribution in [0, 0.1) is 0 Å². The van der Waals surface area contributed by atoms with E-state index in [4.69, 9.17) is 0 Å². The van der Waals surface area contributed by atoms with Crippen LogP contribution >= 0.6 is 0 Å². The van der Waals surface area contributed by atoms with E-state index in [1.165, 1.54) is 10.6 Å². The van der Waals surface area contributed by atoms with Crippen LogP contribution in [0.1, 0.15) is 28.4 Å². The molecule has 1 atom stereocenters. The monoisotopic (exact) mass is 309 g/mol. The van der Waals surface area contributed by atoms with Crippen LogP contribution in [0.2, 0.25) is 0 Å². The van der Waals surface area contributed by atoms with Gasteiger partial charge in [0.2, 0.25) is 0 Å². The average Bonchev–Trinajstić information content (AvgIpc) is 2.96. The van der Waals surface area contributed by atoms with Crippen molar-refractivity contribution in [1.29, 1.82) is 0 Å². The van der Waals surface area contributed by atoms with Gasteiger partial charge in [0.05, 0.1) is 11.6 Å². The number of pyridine rings is 2. The second-order valence-electron chi connectivity index (χ2n) is 5.01. The van der Waals surface area contributed by atoms with Gasteiger partial charge < -0.3 is 5.32 Å². The summed E-state index contributed by atoms with van der Waals surface area (Å²) in [6.45, 7) is 3.73. The minimum Gasteiger partial charge on any atom is -0.345 e. The van der Waals surface area contributed by atoms with Gasteiger partial charge in [0, 0.05) is 18.6 Å². The fraction of sp³-hybridized carbons (Fsp3) is 0.125. The quantitative estimate of drug-likeness (QED) is 0.698. The molecule has 0 saturated heterocycles. The Morgan fingerprint density at radius 1 is 1.35 bits per heavy atom. The third-order valence-corrected chi connectivity index (χ3v) is 3.49. The topological polar surface area (TPSA) is 92.1 Å². The number of carbonyl (C=O) groups excluding carboxylic acids is 1. The molecule has 0 aliphatic heterocycles. The number of nitrogens with one attached hydrogen (secondary N) is 2. The molecular weight excluding hydrogens is 294 g/mol. The van der Waals surface area contributed by atoms with Gasteiger partial charge in [-0.05, 0) is 36.2 Å². The SMILES string of the molecule is C=CCC(NC(=O)c1ccc2n[nH]c(=O)n2c1)c1ccncc1. The Morgan fingerprint density at radius 2 is 2.13 bits per heavy atom. The van der Waals surface area contributed by atoms with E-state index in [2.05, 4.69) is 27.1 Å². The molecular formula is C16H15N5O2. The van der Waals surface area contributed by atoms with E-state index in [0.717, 1.165) is 5.56 Å². The highest BCUT2D eigenvalue weighted by Crippen LogP contribution is 2.17. The van der Waals surface area contributed by atoms with Crippen molar-refractivity contribution < 1.29 is 4.79 Å². The van der Waals surface area contributed by atoms with Gasteiger partial charge in [-0.3, -0.25) is 9.78 Å². The molecule has 3 rings (SSSR count). The third-order valence-electron chi connectivity index (χ3n) is 3.49. The van der Waals surface area contributed by atoms with Gasteiger partial charge in [0.25, 0.3) is 5.91 Å². The Balaban J connectivity index is 1.87. The van der Waals surface area contributed by atoms with Crippen molar-refractivity contribution in [2.45, 2.75) is 12.5 Å². The second kappa shape index (κ2) is 6.27. The van der Waals surface area contributed by atoms with Gasteiger partial charge in [-0.25, -0.2) is 14.3 Å². The van der Waals surface area contributed by atoms with E-state index in [9.17, 15) is 9.59 Å². The predicted octanol–water partition coefficient (Wildman–Crippen LogP) is 1.46. The molecule has 3 heterocycles. The second-order valence-corrected chi connectivity index (χ2v) is 5.01. The van der Waals surface area contributed by atoms with Crippen molar-refractivity contribution in [3.8, 4) is 0 Å². The normalized spacial score (nSPS) is 12.0. The van der Waals surface area contributed by atoms with Gasteiger partial charge in [0.1, 0.15) is 0 Å². The van der Waals surface area contributed by atoms with E-state index in [0.29, 0.717) is 17.6 Å². The number of carbonyl (C=O) groups is 1. The Morgan fingerprint density at radius 3 is 2.87 bits per heavy atom. The van der Waals surface area contributed by atoms with Crippen LogP contribution in [0.3, 0.4) is 0 Å². The van der Waals surface area contributed by atoms with Gasteiger partial charge in [-0.2, -0.15) is 5.10 Å². The average molecular weight is 309 g/mol. The lowest BCUT2D eigenvalue weighted by atomic mass is 10.0. The molecule has 1 unspecified atom stereocenters. The molecule has 0 fully saturated rings. The summed E-state index contributed by atoms with van der Waals surface area (Å²) in [6, 6.07) is 6.72. The number of aromatic nitrogens is 4. The molecule has 0 aliphatic rings. The maximum Gasteiger partial charge on any atom is 0.347 e. The summed E-state index contributed by atoms with van der Waals surface area (Å²) in [6.07, 6.45) is 7.15. The predicted molar refractivity (Wildman–Crippen MR) is 85.1 cm³/mol. The summed E-state index contributed by atoms with van der Waals surface area (Å²) in [5.74, 6) is -0.274. The molecule has 0 aliphatic carbocycles. The summed E-state index contributed by atoms with van der Waals surface area (Å²) in [4.78, 5) is 28.0. The first kappa shape index (κ1) is 14.7. The molecule has 1 amide bonds. The van der Waals surface area contributed by atoms with Crippen LogP contribution in [-0.2, 0) is 0 Å². The first-order valence-corrected chi connectivity index (χ1v) is 7.07. The fourth-order valence-electron chi connectivity index (χ4n) is 2.32. The van der Waals surface area contributed by atoms with Gasteiger partial charge >= 0.3 is 5.69 Å². The van der Waals surface area contributed by atoms with Crippen molar-refractivity contribution in [1.82, 2.24) is 24.9 Å². The van der Waals surface area contributed by atoms with Crippen LogP contribution in [0.15, 0.2) is 60.3 Å². The summed E-state index contributed by atoms with van der Waals surface area (Å²) < 4.78 is 1.30. The highest BCUT2D eigenvalue weighted by Gasteiger charge is 2.15. The van der Waals surface area contributed by atoms with Crippen molar-refractivity contribution >= 4 is 11.6 Å². The van der Waals surface area contributed by atoms with Crippen molar-refractivity contribution in [3.63, 3.8) is 0 Å². The number of hydrogen-bond donors (Lipinski definition) is 2. The molecule has 2 N–H and O–H groups in total. The molecule has 3 aromatic rings. The van der Waals surface area contributed by atoms with Crippen LogP contribution in [-0.4, -0.2) is 25.5 Å². The lowest BCUT2D eigenvalue weighted by Crippen LogP contribution is -2.28. The Hall–Kier alpha value is -3.22. The van der Waals surface area contributed by atoms with Crippen molar-refractivity contribution in [3.05, 3.63) is 77.1 Å². The summed E-state index contributed by atoms with van der Waals surface area (Å²) in [7, 11) is 0. The van der Waals surface area contributed by atoms with Gasteiger partial charge in [0.15, 0.2) is 5.65 Å². The van der Waals surface area contributed by atoms with Crippen LogP contribution in [0.25, 0.3) is 5.65 Å². The first-order valence-electron chi connectivity index (χ1n) is 7.07. The molecule has 0 bridgehead atoms. The first-order chi connectivity index (χ1) is 11.2.